The van der Waals surface area contributed by atoms with Crippen LogP contribution in [0.4, 0.5) is 11.4 Å². The van der Waals surface area contributed by atoms with Crippen molar-refractivity contribution in [2.75, 3.05) is 16.6 Å². The van der Waals surface area contributed by atoms with Gasteiger partial charge in [-0.15, -0.1) is 0 Å². The van der Waals surface area contributed by atoms with Crippen LogP contribution in [0.5, 0.6) is 5.75 Å². The third kappa shape index (κ3) is 5.17. The smallest absolute Gasteiger partial charge is 0.261 e. The van der Waals surface area contributed by atoms with E-state index in [0.717, 1.165) is 0 Å². The van der Waals surface area contributed by atoms with E-state index in [0.29, 0.717) is 16.5 Å². The molecule has 0 aliphatic carbocycles. The molecule has 0 heterocycles. The Hall–Kier alpha value is -2.46. The summed E-state index contributed by atoms with van der Waals surface area (Å²) in [6.07, 6.45) is 0. The highest BCUT2D eigenvalue weighted by Gasteiger charge is 2.18. The van der Waals surface area contributed by atoms with Crippen molar-refractivity contribution in [3.8, 4) is 5.75 Å². The maximum absolute atomic E-state index is 12.6. The van der Waals surface area contributed by atoms with E-state index in [2.05, 4.69) is 9.44 Å². The zero-order chi connectivity index (χ0) is 21.9. The van der Waals surface area contributed by atoms with Gasteiger partial charge in [0, 0.05) is 16.4 Å². The van der Waals surface area contributed by atoms with Crippen LogP contribution in [0, 0.1) is 0 Å². The standard InChI is InChI=1S/C19H16Cl2N2O5S2/c1-28-19-11-10-17(12-18(19)21)30(26,27)23-15-6-8-16(9-7-15)29(24,25)22-14-4-2-13(20)3-5-14/h2-12,22-23H,1H3. The van der Waals surface area contributed by atoms with Crippen LogP contribution in [-0.2, 0) is 20.0 Å². The number of hydrogen-bond donors (Lipinski definition) is 2. The number of anilines is 2. The molecule has 0 spiro atoms. The van der Waals surface area contributed by atoms with Crippen LogP contribution in [0.1, 0.15) is 0 Å². The van der Waals surface area contributed by atoms with Crippen molar-refractivity contribution < 1.29 is 21.6 Å². The van der Waals surface area contributed by atoms with Gasteiger partial charge in [-0.1, -0.05) is 23.2 Å². The number of halogens is 2. The van der Waals surface area contributed by atoms with E-state index in [1.807, 2.05) is 0 Å². The zero-order valence-corrected chi connectivity index (χ0v) is 18.6. The van der Waals surface area contributed by atoms with Gasteiger partial charge < -0.3 is 4.74 Å². The van der Waals surface area contributed by atoms with E-state index in [9.17, 15) is 16.8 Å². The quantitative estimate of drug-likeness (QED) is 0.507. The van der Waals surface area contributed by atoms with E-state index in [1.165, 1.54) is 61.7 Å². The predicted molar refractivity (Wildman–Crippen MR) is 118 cm³/mol. The van der Waals surface area contributed by atoms with Crippen LogP contribution in [-0.4, -0.2) is 23.9 Å². The first kappa shape index (κ1) is 22.2. The number of benzene rings is 3. The second-order valence-electron chi connectivity index (χ2n) is 6.04. The number of rotatable bonds is 7. The molecule has 0 saturated heterocycles. The normalized spacial score (nSPS) is 11.7. The Morgan fingerprint density at radius 1 is 0.700 bits per heavy atom. The third-order valence-corrected chi connectivity index (χ3v) is 7.27. The fourth-order valence-electron chi connectivity index (χ4n) is 2.46. The molecule has 0 amide bonds. The first-order valence-electron chi connectivity index (χ1n) is 8.35. The Labute approximate surface area is 184 Å². The van der Waals surface area contributed by atoms with Gasteiger partial charge in [0.15, 0.2) is 0 Å². The average Bonchev–Trinajstić information content (AvgIpc) is 2.69. The van der Waals surface area contributed by atoms with Crippen molar-refractivity contribution >= 4 is 54.6 Å². The van der Waals surface area contributed by atoms with Gasteiger partial charge in [-0.25, -0.2) is 16.8 Å². The van der Waals surface area contributed by atoms with Gasteiger partial charge in [0.2, 0.25) is 0 Å². The minimum atomic E-state index is -3.93. The van der Waals surface area contributed by atoms with Crippen LogP contribution in [0.15, 0.2) is 76.5 Å². The van der Waals surface area contributed by atoms with Crippen LogP contribution in [0.3, 0.4) is 0 Å². The Kier molecular flexibility index (Phi) is 6.47. The molecule has 0 unspecified atom stereocenters. The largest absolute Gasteiger partial charge is 0.495 e. The van der Waals surface area contributed by atoms with E-state index in [4.69, 9.17) is 27.9 Å². The van der Waals surface area contributed by atoms with E-state index in [1.54, 1.807) is 12.1 Å². The van der Waals surface area contributed by atoms with Crippen molar-refractivity contribution in [2.45, 2.75) is 9.79 Å². The summed E-state index contributed by atoms with van der Waals surface area (Å²) in [5.41, 5.74) is 0.535. The summed E-state index contributed by atoms with van der Waals surface area (Å²) in [7, 11) is -6.36. The summed E-state index contributed by atoms with van der Waals surface area (Å²) in [6, 6.07) is 15.5. The molecule has 3 aromatic rings. The fourth-order valence-corrected chi connectivity index (χ4v) is 5.05. The summed E-state index contributed by atoms with van der Waals surface area (Å²) in [5, 5.41) is 0.628. The van der Waals surface area contributed by atoms with Crippen molar-refractivity contribution in [3.05, 3.63) is 76.8 Å². The Balaban J connectivity index is 1.78. The molecule has 0 radical (unpaired) electrons. The van der Waals surface area contributed by atoms with Gasteiger partial charge in [-0.05, 0) is 66.7 Å². The molecular weight excluding hydrogens is 471 g/mol. The minimum Gasteiger partial charge on any atom is -0.495 e. The van der Waals surface area contributed by atoms with Crippen LogP contribution in [0.2, 0.25) is 10.0 Å². The van der Waals surface area contributed by atoms with Crippen molar-refractivity contribution in [1.82, 2.24) is 0 Å². The summed E-state index contributed by atoms with van der Waals surface area (Å²) >= 11 is 11.8. The number of ether oxygens (including phenoxy) is 1. The summed E-state index contributed by atoms with van der Waals surface area (Å²) in [5.74, 6) is 0.346. The van der Waals surface area contributed by atoms with Gasteiger partial charge >= 0.3 is 0 Å². The minimum absolute atomic E-state index is 0.0344. The predicted octanol–water partition coefficient (Wildman–Crippen LogP) is 4.60. The lowest BCUT2D eigenvalue weighted by molar-refractivity contribution is 0.414. The van der Waals surface area contributed by atoms with E-state index < -0.39 is 20.0 Å². The second kappa shape index (κ2) is 8.73. The number of sulfonamides is 2. The van der Waals surface area contributed by atoms with Crippen LogP contribution in [0.25, 0.3) is 0 Å². The molecule has 0 atom stereocenters. The number of nitrogens with one attached hydrogen (secondary N) is 2. The molecule has 7 nitrogen and oxygen atoms in total. The highest BCUT2D eigenvalue weighted by molar-refractivity contribution is 7.93. The Morgan fingerprint density at radius 3 is 1.67 bits per heavy atom. The molecular formula is C19H16Cl2N2O5S2. The SMILES string of the molecule is COc1ccc(S(=O)(=O)Nc2ccc(S(=O)(=O)Nc3ccc(Cl)cc3)cc2)cc1Cl. The molecule has 158 valence electrons. The van der Waals surface area contributed by atoms with Gasteiger partial charge in [0.1, 0.15) is 5.75 Å². The number of hydrogen-bond acceptors (Lipinski definition) is 5. The van der Waals surface area contributed by atoms with E-state index >= 15 is 0 Å². The molecule has 0 saturated carbocycles. The molecule has 30 heavy (non-hydrogen) atoms. The maximum atomic E-state index is 12.6. The molecule has 0 aliphatic heterocycles. The van der Waals surface area contributed by atoms with Crippen LogP contribution < -0.4 is 14.2 Å². The lowest BCUT2D eigenvalue weighted by Gasteiger charge is -2.11. The zero-order valence-electron chi connectivity index (χ0n) is 15.5. The molecule has 0 aromatic heterocycles. The van der Waals surface area contributed by atoms with Crippen molar-refractivity contribution in [3.63, 3.8) is 0 Å². The Morgan fingerprint density at radius 2 is 1.17 bits per heavy atom. The summed E-state index contributed by atoms with van der Waals surface area (Å²) < 4.78 is 59.9. The van der Waals surface area contributed by atoms with Gasteiger partial charge in [0.05, 0.1) is 21.9 Å². The number of methoxy groups -OCH3 is 1. The first-order chi connectivity index (χ1) is 14.1. The average molecular weight is 487 g/mol. The fraction of sp³-hybridized carbons (Fsp3) is 0.0526. The molecule has 3 rings (SSSR count). The topological polar surface area (TPSA) is 102 Å². The highest BCUT2D eigenvalue weighted by atomic mass is 35.5. The second-order valence-corrected chi connectivity index (χ2v) is 10.2. The lowest BCUT2D eigenvalue weighted by Crippen LogP contribution is -2.14. The lowest BCUT2D eigenvalue weighted by atomic mass is 10.3. The van der Waals surface area contributed by atoms with Crippen LogP contribution >= 0.6 is 23.2 Å². The summed E-state index contributed by atoms with van der Waals surface area (Å²) in [4.78, 5) is -0.0951. The molecule has 0 aliphatic rings. The highest BCUT2D eigenvalue weighted by Crippen LogP contribution is 2.28. The van der Waals surface area contributed by atoms with Gasteiger partial charge in [0.25, 0.3) is 20.0 Å². The van der Waals surface area contributed by atoms with Gasteiger partial charge in [-0.3, -0.25) is 9.44 Å². The monoisotopic (exact) mass is 486 g/mol. The first-order valence-corrected chi connectivity index (χ1v) is 12.1. The molecule has 3 aromatic carbocycles. The molecule has 0 bridgehead atoms. The molecule has 2 N–H and O–H groups in total. The van der Waals surface area contributed by atoms with Crippen molar-refractivity contribution in [1.29, 1.82) is 0 Å². The van der Waals surface area contributed by atoms with Gasteiger partial charge in [-0.2, -0.15) is 0 Å². The maximum Gasteiger partial charge on any atom is 0.261 e. The van der Waals surface area contributed by atoms with E-state index in [-0.39, 0.29) is 20.5 Å². The Bertz CT molecular complexity index is 1260. The molecule has 11 heteroatoms. The summed E-state index contributed by atoms with van der Waals surface area (Å²) in [6.45, 7) is 0. The molecule has 0 fully saturated rings. The van der Waals surface area contributed by atoms with Crippen molar-refractivity contribution in [2.24, 2.45) is 0 Å². The third-order valence-electron chi connectivity index (χ3n) is 3.95.